The summed E-state index contributed by atoms with van der Waals surface area (Å²) in [6.45, 7) is 8.62. The number of hydrogen-bond donors (Lipinski definition) is 1. The Hall–Kier alpha value is -2.14. The van der Waals surface area contributed by atoms with Crippen LogP contribution in [0, 0.1) is 0 Å². The summed E-state index contributed by atoms with van der Waals surface area (Å²) in [6.07, 6.45) is 0.789. The molecular weight excluding hydrogens is 392 g/mol. The largest absolute Gasteiger partial charge is 0.320 e. The number of nitrogens with zero attached hydrogens (tertiary/aromatic N) is 1. The van der Waals surface area contributed by atoms with Crippen LogP contribution in [0.2, 0.25) is 0 Å². The Morgan fingerprint density at radius 2 is 1.77 bits per heavy atom. The molecule has 0 fully saturated rings. The van der Waals surface area contributed by atoms with Gasteiger partial charge in [0.25, 0.3) is 5.91 Å². The van der Waals surface area contributed by atoms with Gasteiger partial charge >= 0.3 is 0 Å². The topological polar surface area (TPSA) is 49.4 Å². The lowest BCUT2D eigenvalue weighted by Gasteiger charge is -2.20. The Labute approximate surface area is 162 Å². The van der Waals surface area contributed by atoms with Gasteiger partial charge in [-0.15, -0.1) is 0 Å². The van der Waals surface area contributed by atoms with Crippen LogP contribution in [-0.4, -0.2) is 18.4 Å². The van der Waals surface area contributed by atoms with Gasteiger partial charge in [0.2, 0.25) is 5.91 Å². The van der Waals surface area contributed by atoms with E-state index in [-0.39, 0.29) is 17.2 Å². The zero-order chi connectivity index (χ0) is 19.1. The molecule has 0 unspecified atom stereocenters. The van der Waals surface area contributed by atoms with Crippen LogP contribution >= 0.6 is 15.9 Å². The van der Waals surface area contributed by atoms with Crippen LogP contribution in [0.3, 0.4) is 0 Å². The standard InChI is InChI=1S/C21H23BrN2O2/c1-13(25)24-10-9-15-11-17(22)12-18(19(15)24)23-20(26)14-5-7-16(8-6-14)21(2,3)4/h5-8,11-12H,9-10H2,1-4H3,(H,23,26). The molecule has 0 aromatic heterocycles. The van der Waals surface area contributed by atoms with Crippen molar-refractivity contribution in [3.8, 4) is 0 Å². The van der Waals surface area contributed by atoms with Crippen molar-refractivity contribution in [1.29, 1.82) is 0 Å². The molecule has 0 spiro atoms. The van der Waals surface area contributed by atoms with E-state index in [1.165, 1.54) is 5.56 Å². The summed E-state index contributed by atoms with van der Waals surface area (Å²) < 4.78 is 0.889. The van der Waals surface area contributed by atoms with Crippen molar-refractivity contribution in [2.24, 2.45) is 0 Å². The van der Waals surface area contributed by atoms with Crippen molar-refractivity contribution in [3.05, 3.63) is 57.6 Å². The Bertz CT molecular complexity index is 867. The summed E-state index contributed by atoms with van der Waals surface area (Å²) in [5.74, 6) is -0.197. The van der Waals surface area contributed by atoms with Crippen molar-refractivity contribution in [2.75, 3.05) is 16.8 Å². The molecule has 0 saturated carbocycles. The van der Waals surface area contributed by atoms with Gasteiger partial charge in [0.1, 0.15) is 0 Å². The lowest BCUT2D eigenvalue weighted by Crippen LogP contribution is -2.27. The molecule has 26 heavy (non-hydrogen) atoms. The number of carbonyl (C=O) groups is 2. The summed E-state index contributed by atoms with van der Waals surface area (Å²) in [5.41, 5.74) is 4.35. The second-order valence-electron chi connectivity index (χ2n) is 7.66. The van der Waals surface area contributed by atoms with E-state index >= 15 is 0 Å². The third-order valence-electron chi connectivity index (χ3n) is 4.67. The highest BCUT2D eigenvalue weighted by atomic mass is 79.9. The lowest BCUT2D eigenvalue weighted by molar-refractivity contribution is -0.116. The number of amides is 2. The first-order valence-electron chi connectivity index (χ1n) is 8.69. The van der Waals surface area contributed by atoms with Gasteiger partial charge in [0, 0.05) is 23.5 Å². The lowest BCUT2D eigenvalue weighted by atomic mass is 9.87. The molecular formula is C21H23BrN2O2. The summed E-state index contributed by atoms with van der Waals surface area (Å²) >= 11 is 3.50. The number of halogens is 1. The number of nitrogens with one attached hydrogen (secondary N) is 1. The number of anilines is 2. The minimum Gasteiger partial charge on any atom is -0.320 e. The van der Waals surface area contributed by atoms with E-state index in [2.05, 4.69) is 42.0 Å². The average Bonchev–Trinajstić information content (AvgIpc) is 2.98. The molecule has 2 aromatic carbocycles. The maximum absolute atomic E-state index is 12.7. The van der Waals surface area contributed by atoms with E-state index in [1.807, 2.05) is 36.4 Å². The highest BCUT2D eigenvalue weighted by Gasteiger charge is 2.27. The normalized spacial score (nSPS) is 13.5. The van der Waals surface area contributed by atoms with Crippen LogP contribution in [0.25, 0.3) is 0 Å². The second-order valence-corrected chi connectivity index (χ2v) is 8.58. The summed E-state index contributed by atoms with van der Waals surface area (Å²) in [4.78, 5) is 26.4. The van der Waals surface area contributed by atoms with Crippen LogP contribution in [0.15, 0.2) is 40.9 Å². The summed E-state index contributed by atoms with van der Waals surface area (Å²) in [6, 6.07) is 11.5. The van der Waals surface area contributed by atoms with Gasteiger partial charge in [0.05, 0.1) is 11.4 Å². The SMILES string of the molecule is CC(=O)N1CCc2cc(Br)cc(NC(=O)c3ccc(C(C)(C)C)cc3)c21. The van der Waals surface area contributed by atoms with E-state index in [9.17, 15) is 9.59 Å². The fraction of sp³-hybridized carbons (Fsp3) is 0.333. The quantitative estimate of drug-likeness (QED) is 0.758. The van der Waals surface area contributed by atoms with Gasteiger partial charge < -0.3 is 10.2 Å². The van der Waals surface area contributed by atoms with Gasteiger partial charge in [-0.3, -0.25) is 9.59 Å². The van der Waals surface area contributed by atoms with E-state index in [0.717, 1.165) is 22.1 Å². The molecule has 1 N–H and O–H groups in total. The third-order valence-corrected chi connectivity index (χ3v) is 5.13. The van der Waals surface area contributed by atoms with Crippen LogP contribution in [0.1, 0.15) is 49.2 Å². The van der Waals surface area contributed by atoms with Crippen LogP contribution in [-0.2, 0) is 16.6 Å². The molecule has 136 valence electrons. The number of carbonyl (C=O) groups excluding carboxylic acids is 2. The number of rotatable bonds is 2. The molecule has 1 heterocycles. The van der Waals surface area contributed by atoms with Crippen molar-refractivity contribution in [3.63, 3.8) is 0 Å². The van der Waals surface area contributed by atoms with Crippen LogP contribution in [0.5, 0.6) is 0 Å². The van der Waals surface area contributed by atoms with Gasteiger partial charge in [-0.2, -0.15) is 0 Å². The minimum absolute atomic E-state index is 0.0175. The monoisotopic (exact) mass is 414 g/mol. The third kappa shape index (κ3) is 3.68. The smallest absolute Gasteiger partial charge is 0.255 e. The fourth-order valence-electron chi connectivity index (χ4n) is 3.24. The predicted molar refractivity (Wildman–Crippen MR) is 109 cm³/mol. The molecule has 1 aliphatic rings. The molecule has 4 nitrogen and oxygen atoms in total. The zero-order valence-corrected chi connectivity index (χ0v) is 17.1. The highest BCUT2D eigenvalue weighted by molar-refractivity contribution is 9.10. The van der Waals surface area contributed by atoms with Crippen LogP contribution in [0.4, 0.5) is 11.4 Å². The highest BCUT2D eigenvalue weighted by Crippen LogP contribution is 2.38. The van der Waals surface area contributed by atoms with Gasteiger partial charge in [-0.25, -0.2) is 0 Å². The number of benzene rings is 2. The number of hydrogen-bond acceptors (Lipinski definition) is 2. The average molecular weight is 415 g/mol. The molecule has 2 aromatic rings. The molecule has 2 amide bonds. The molecule has 0 saturated heterocycles. The van der Waals surface area contributed by atoms with Gasteiger partial charge in [-0.05, 0) is 47.2 Å². The maximum Gasteiger partial charge on any atom is 0.255 e. The molecule has 3 rings (SSSR count). The molecule has 0 atom stereocenters. The van der Waals surface area contributed by atoms with Gasteiger partial charge in [0.15, 0.2) is 0 Å². The molecule has 0 aliphatic carbocycles. The summed E-state index contributed by atoms with van der Waals surface area (Å²) in [7, 11) is 0. The van der Waals surface area contributed by atoms with Crippen molar-refractivity contribution in [1.82, 2.24) is 0 Å². The van der Waals surface area contributed by atoms with Crippen molar-refractivity contribution < 1.29 is 9.59 Å². The first-order chi connectivity index (χ1) is 12.2. The fourth-order valence-corrected chi connectivity index (χ4v) is 3.74. The second kappa shape index (κ2) is 6.88. The number of fused-ring (bicyclic) bond motifs is 1. The van der Waals surface area contributed by atoms with E-state index in [1.54, 1.807) is 11.8 Å². The van der Waals surface area contributed by atoms with E-state index < -0.39 is 0 Å². The predicted octanol–water partition coefficient (Wildman–Crippen LogP) is 4.91. The molecule has 0 bridgehead atoms. The maximum atomic E-state index is 12.7. The minimum atomic E-state index is -0.179. The Kier molecular flexibility index (Phi) is 4.93. The van der Waals surface area contributed by atoms with Crippen molar-refractivity contribution in [2.45, 2.75) is 39.5 Å². The zero-order valence-electron chi connectivity index (χ0n) is 15.5. The van der Waals surface area contributed by atoms with Gasteiger partial charge in [-0.1, -0.05) is 48.8 Å². The van der Waals surface area contributed by atoms with Crippen molar-refractivity contribution >= 4 is 39.1 Å². The van der Waals surface area contributed by atoms with Crippen LogP contribution < -0.4 is 10.2 Å². The van der Waals surface area contributed by atoms with E-state index in [0.29, 0.717) is 17.8 Å². The Morgan fingerprint density at radius 1 is 1.12 bits per heavy atom. The van der Waals surface area contributed by atoms with E-state index in [4.69, 9.17) is 0 Å². The molecule has 1 aliphatic heterocycles. The Morgan fingerprint density at radius 3 is 2.35 bits per heavy atom. The summed E-state index contributed by atoms with van der Waals surface area (Å²) in [5, 5.41) is 2.98. The first-order valence-corrected chi connectivity index (χ1v) is 9.48. The molecule has 5 heteroatoms. The first kappa shape index (κ1) is 18.6. The Balaban J connectivity index is 1.90. The molecule has 0 radical (unpaired) electrons.